The van der Waals surface area contributed by atoms with Gasteiger partial charge in [0.05, 0.1) is 27.5 Å². The molecule has 0 unspecified atom stereocenters. The molecular formula is C29H28Cl2N4O3S. The van der Waals surface area contributed by atoms with Gasteiger partial charge in [0.2, 0.25) is 0 Å². The van der Waals surface area contributed by atoms with E-state index in [1.807, 2.05) is 37.5 Å². The van der Waals surface area contributed by atoms with Crippen LogP contribution in [0.2, 0.25) is 10.0 Å². The van der Waals surface area contributed by atoms with E-state index in [1.165, 1.54) is 18.3 Å². The standard InChI is InChI=1S/C29H28Cl2N4O3S/c1-19-9-12-25(13-10-19)39(37,38)34(27-8-6-5-7-20(27)2)18-29(36)33-32-17-23-15-21(3)35(22(23)4)28-16-24(30)11-14-26(28)31/h5-17H,18H2,1-4H3,(H,33,36)/b32-17+. The first-order valence-corrected chi connectivity index (χ1v) is 14.3. The maximum atomic E-state index is 13.6. The van der Waals surface area contributed by atoms with Crippen LogP contribution in [0.25, 0.3) is 5.69 Å². The Labute approximate surface area is 238 Å². The maximum absolute atomic E-state index is 13.6. The van der Waals surface area contributed by atoms with Crippen molar-refractivity contribution in [2.45, 2.75) is 32.6 Å². The van der Waals surface area contributed by atoms with E-state index in [1.54, 1.807) is 55.5 Å². The first kappa shape index (κ1) is 28.4. The van der Waals surface area contributed by atoms with Gasteiger partial charge in [-0.3, -0.25) is 9.10 Å². The lowest BCUT2D eigenvalue weighted by molar-refractivity contribution is -0.119. The fourth-order valence-electron chi connectivity index (χ4n) is 4.27. The molecule has 3 aromatic carbocycles. The van der Waals surface area contributed by atoms with E-state index in [0.717, 1.165) is 38.1 Å². The number of nitrogens with zero attached hydrogens (tertiary/aromatic N) is 3. The van der Waals surface area contributed by atoms with Crippen molar-refractivity contribution in [3.05, 3.63) is 111 Å². The van der Waals surface area contributed by atoms with Crippen molar-refractivity contribution in [2.24, 2.45) is 5.10 Å². The van der Waals surface area contributed by atoms with E-state index in [0.29, 0.717) is 15.7 Å². The van der Waals surface area contributed by atoms with Crippen molar-refractivity contribution in [2.75, 3.05) is 10.8 Å². The topological polar surface area (TPSA) is 83.8 Å². The predicted octanol–water partition coefficient (Wildman–Crippen LogP) is 6.36. The van der Waals surface area contributed by atoms with Gasteiger partial charge in [-0.2, -0.15) is 5.10 Å². The van der Waals surface area contributed by atoms with Crippen molar-refractivity contribution < 1.29 is 13.2 Å². The minimum atomic E-state index is -4.02. The molecule has 1 amide bonds. The number of anilines is 1. The average molecular weight is 584 g/mol. The normalized spacial score (nSPS) is 11.6. The van der Waals surface area contributed by atoms with E-state index in [-0.39, 0.29) is 4.90 Å². The summed E-state index contributed by atoms with van der Waals surface area (Å²) in [5.41, 5.74) is 7.77. The molecule has 0 bridgehead atoms. The number of halogens is 2. The Balaban J connectivity index is 1.57. The molecule has 1 heterocycles. The van der Waals surface area contributed by atoms with E-state index >= 15 is 0 Å². The smallest absolute Gasteiger partial charge is 0.264 e. The van der Waals surface area contributed by atoms with Gasteiger partial charge in [0.25, 0.3) is 15.9 Å². The number of aryl methyl sites for hydroxylation is 3. The second kappa shape index (κ2) is 11.7. The Morgan fingerprint density at radius 2 is 1.67 bits per heavy atom. The third kappa shape index (κ3) is 6.19. The molecule has 4 rings (SSSR count). The highest BCUT2D eigenvalue weighted by molar-refractivity contribution is 7.92. The molecule has 7 nitrogen and oxygen atoms in total. The van der Waals surface area contributed by atoms with Gasteiger partial charge in [-0.15, -0.1) is 0 Å². The number of carbonyl (C=O) groups excluding carboxylic acids is 1. The van der Waals surface area contributed by atoms with Crippen molar-refractivity contribution >= 4 is 51.0 Å². The lowest BCUT2D eigenvalue weighted by Crippen LogP contribution is -2.40. The maximum Gasteiger partial charge on any atom is 0.264 e. The number of carbonyl (C=O) groups is 1. The van der Waals surface area contributed by atoms with E-state index in [9.17, 15) is 13.2 Å². The van der Waals surface area contributed by atoms with E-state index < -0.39 is 22.5 Å². The summed E-state index contributed by atoms with van der Waals surface area (Å²) >= 11 is 12.6. The molecular weight excluding hydrogens is 555 g/mol. The van der Waals surface area contributed by atoms with Crippen LogP contribution in [0.3, 0.4) is 0 Å². The van der Waals surface area contributed by atoms with Gasteiger partial charge in [-0.05, 0) is 75.7 Å². The van der Waals surface area contributed by atoms with Gasteiger partial charge < -0.3 is 4.57 Å². The number of nitrogens with one attached hydrogen (secondary N) is 1. The molecule has 39 heavy (non-hydrogen) atoms. The first-order valence-electron chi connectivity index (χ1n) is 12.1. The Bertz CT molecular complexity index is 1660. The van der Waals surface area contributed by atoms with Crippen LogP contribution in [-0.2, 0) is 14.8 Å². The van der Waals surface area contributed by atoms with Crippen LogP contribution in [-0.4, -0.2) is 31.7 Å². The molecule has 202 valence electrons. The molecule has 0 aliphatic carbocycles. The molecule has 1 aromatic heterocycles. The fourth-order valence-corrected chi connectivity index (χ4v) is 6.12. The summed E-state index contributed by atoms with van der Waals surface area (Å²) in [6.45, 7) is 7.06. The molecule has 0 atom stereocenters. The van der Waals surface area contributed by atoms with Gasteiger partial charge in [0, 0.05) is 22.0 Å². The summed E-state index contributed by atoms with van der Waals surface area (Å²) in [6.07, 6.45) is 1.52. The highest BCUT2D eigenvalue weighted by Crippen LogP contribution is 2.29. The summed E-state index contributed by atoms with van der Waals surface area (Å²) in [4.78, 5) is 13.0. The Hall–Kier alpha value is -3.59. The number of rotatable bonds is 8. The minimum Gasteiger partial charge on any atom is -0.316 e. The number of para-hydroxylation sites is 1. The molecule has 0 saturated heterocycles. The second-order valence-corrected chi connectivity index (χ2v) is 11.9. The van der Waals surface area contributed by atoms with Gasteiger partial charge in [-0.25, -0.2) is 13.8 Å². The van der Waals surface area contributed by atoms with E-state index in [4.69, 9.17) is 23.2 Å². The van der Waals surface area contributed by atoms with Crippen LogP contribution in [0.4, 0.5) is 5.69 Å². The lowest BCUT2D eigenvalue weighted by Gasteiger charge is -2.25. The van der Waals surface area contributed by atoms with Crippen molar-refractivity contribution in [3.63, 3.8) is 0 Å². The molecule has 0 aliphatic rings. The quantitative estimate of drug-likeness (QED) is 0.194. The Kier molecular flexibility index (Phi) is 8.49. The molecule has 0 fully saturated rings. The average Bonchev–Trinajstić information content (AvgIpc) is 3.17. The summed E-state index contributed by atoms with van der Waals surface area (Å²) in [7, 11) is -4.02. The van der Waals surface area contributed by atoms with Crippen molar-refractivity contribution in [1.29, 1.82) is 0 Å². The third-order valence-corrected chi connectivity index (χ3v) is 8.62. The Morgan fingerprint density at radius 1 is 0.974 bits per heavy atom. The number of aromatic nitrogens is 1. The predicted molar refractivity (Wildman–Crippen MR) is 158 cm³/mol. The summed E-state index contributed by atoms with van der Waals surface area (Å²) in [6, 6.07) is 20.7. The largest absolute Gasteiger partial charge is 0.316 e. The van der Waals surface area contributed by atoms with Crippen LogP contribution in [0.15, 0.2) is 82.8 Å². The molecule has 0 saturated carbocycles. The highest BCUT2D eigenvalue weighted by atomic mass is 35.5. The summed E-state index contributed by atoms with van der Waals surface area (Å²) in [5.74, 6) is -0.586. The minimum absolute atomic E-state index is 0.0970. The zero-order valence-corrected chi connectivity index (χ0v) is 24.3. The van der Waals surface area contributed by atoms with Gasteiger partial charge in [-0.1, -0.05) is 59.1 Å². The summed E-state index contributed by atoms with van der Waals surface area (Å²) < 4.78 is 30.2. The number of hydrogen-bond acceptors (Lipinski definition) is 4. The molecule has 1 N–H and O–H groups in total. The summed E-state index contributed by atoms with van der Waals surface area (Å²) in [5, 5.41) is 5.21. The highest BCUT2D eigenvalue weighted by Gasteiger charge is 2.28. The van der Waals surface area contributed by atoms with Crippen molar-refractivity contribution in [3.8, 4) is 5.69 Å². The number of hydrazone groups is 1. The molecule has 0 spiro atoms. The monoisotopic (exact) mass is 582 g/mol. The number of benzene rings is 3. The van der Waals surface area contributed by atoms with Gasteiger partial charge >= 0.3 is 0 Å². The lowest BCUT2D eigenvalue weighted by atomic mass is 10.2. The number of hydrogen-bond donors (Lipinski definition) is 1. The molecule has 0 radical (unpaired) electrons. The van der Waals surface area contributed by atoms with Crippen LogP contribution in [0.5, 0.6) is 0 Å². The number of amides is 1. The number of sulfonamides is 1. The van der Waals surface area contributed by atoms with Crippen LogP contribution >= 0.6 is 23.2 Å². The zero-order chi connectivity index (χ0) is 28.3. The fraction of sp³-hybridized carbons (Fsp3) is 0.172. The van der Waals surface area contributed by atoms with E-state index in [2.05, 4.69) is 10.5 Å². The van der Waals surface area contributed by atoms with Crippen LogP contribution < -0.4 is 9.73 Å². The SMILES string of the molecule is Cc1ccc(S(=O)(=O)N(CC(=O)N/N=C/c2cc(C)n(-c3cc(Cl)ccc3Cl)c2C)c2ccccc2C)cc1. The third-order valence-electron chi connectivity index (χ3n) is 6.29. The second-order valence-electron chi connectivity index (χ2n) is 9.16. The molecule has 4 aromatic rings. The molecule has 0 aliphatic heterocycles. The van der Waals surface area contributed by atoms with Crippen molar-refractivity contribution in [1.82, 2.24) is 9.99 Å². The zero-order valence-electron chi connectivity index (χ0n) is 21.9. The van der Waals surface area contributed by atoms with Gasteiger partial charge in [0.15, 0.2) is 0 Å². The van der Waals surface area contributed by atoms with Gasteiger partial charge in [0.1, 0.15) is 6.54 Å². The van der Waals surface area contributed by atoms with Crippen LogP contribution in [0, 0.1) is 27.7 Å². The first-order chi connectivity index (χ1) is 18.5. The van der Waals surface area contributed by atoms with Crippen LogP contribution in [0.1, 0.15) is 28.1 Å². The molecule has 10 heteroatoms. The Morgan fingerprint density at radius 3 is 2.36 bits per heavy atom.